The quantitative estimate of drug-likeness (QED) is 0.790. The molecule has 0 N–H and O–H groups in total. The van der Waals surface area contributed by atoms with Gasteiger partial charge in [0, 0.05) is 0 Å². The molecule has 2 aromatic heterocycles. The summed E-state index contributed by atoms with van der Waals surface area (Å²) in [5, 5.41) is 3.44. The number of hydrogen-bond donors (Lipinski definition) is 0. The molecule has 0 amide bonds. The molecule has 1 unspecified atom stereocenters. The van der Waals surface area contributed by atoms with Crippen LogP contribution in [0, 0.1) is 0 Å². The fraction of sp³-hybridized carbons (Fsp3) is 0.250. The lowest BCUT2D eigenvalue weighted by atomic mass is 10.4. The van der Waals surface area contributed by atoms with Crippen LogP contribution < -0.4 is 0 Å². The van der Waals surface area contributed by atoms with E-state index in [0.29, 0.717) is 22.1 Å². The highest BCUT2D eigenvalue weighted by atomic mass is 79.9. The molecule has 0 saturated carbocycles. The maximum absolute atomic E-state index is 5.78. The van der Waals surface area contributed by atoms with Crippen molar-refractivity contribution < 1.29 is 8.94 Å². The molecular formula is C8H6BrClN2O2. The summed E-state index contributed by atoms with van der Waals surface area (Å²) in [7, 11) is 0. The number of furan rings is 1. The van der Waals surface area contributed by atoms with E-state index in [1.165, 1.54) is 0 Å². The van der Waals surface area contributed by atoms with E-state index >= 15 is 0 Å². The average molecular weight is 278 g/mol. The van der Waals surface area contributed by atoms with Gasteiger partial charge in [-0.3, -0.25) is 0 Å². The first-order valence-electron chi connectivity index (χ1n) is 3.90. The molecule has 14 heavy (non-hydrogen) atoms. The summed E-state index contributed by atoms with van der Waals surface area (Å²) < 4.78 is 10.8. The molecule has 0 radical (unpaired) electrons. The second-order valence-corrected chi connectivity index (χ2v) is 4.11. The van der Waals surface area contributed by atoms with Gasteiger partial charge in [-0.25, -0.2) is 0 Å². The Morgan fingerprint density at radius 3 is 2.79 bits per heavy atom. The van der Waals surface area contributed by atoms with Gasteiger partial charge in [0.1, 0.15) is 0 Å². The van der Waals surface area contributed by atoms with Gasteiger partial charge in [0.05, 0.1) is 5.38 Å². The zero-order valence-electron chi connectivity index (χ0n) is 7.20. The molecule has 2 heterocycles. The summed E-state index contributed by atoms with van der Waals surface area (Å²) in [4.78, 5) is 4.07. The maximum Gasteiger partial charge on any atom is 0.293 e. The van der Waals surface area contributed by atoms with Gasteiger partial charge in [-0.15, -0.1) is 11.6 Å². The Morgan fingerprint density at radius 2 is 2.29 bits per heavy atom. The van der Waals surface area contributed by atoms with Gasteiger partial charge in [-0.05, 0) is 35.0 Å². The van der Waals surface area contributed by atoms with Crippen LogP contribution in [0.4, 0.5) is 0 Å². The molecule has 0 fully saturated rings. The van der Waals surface area contributed by atoms with Gasteiger partial charge in [0.2, 0.25) is 0 Å². The number of nitrogens with zero attached hydrogens (tertiary/aromatic N) is 2. The minimum atomic E-state index is -0.272. The van der Waals surface area contributed by atoms with E-state index in [4.69, 9.17) is 20.5 Å². The highest BCUT2D eigenvalue weighted by molar-refractivity contribution is 9.10. The summed E-state index contributed by atoms with van der Waals surface area (Å²) in [6.45, 7) is 1.77. The third-order valence-corrected chi connectivity index (χ3v) is 2.20. The molecule has 74 valence electrons. The van der Waals surface area contributed by atoms with Crippen molar-refractivity contribution >= 4 is 27.5 Å². The highest BCUT2D eigenvalue weighted by Gasteiger charge is 2.14. The van der Waals surface area contributed by atoms with E-state index in [9.17, 15) is 0 Å². The standard InChI is InChI=1S/C8H6BrClN2O2/c1-4(10)7-11-8(14-12-7)5-2-3-6(9)13-5/h2-4H,1H3. The lowest BCUT2D eigenvalue weighted by Gasteiger charge is -1.89. The van der Waals surface area contributed by atoms with Crippen LogP contribution in [0.5, 0.6) is 0 Å². The fourth-order valence-corrected chi connectivity index (χ4v) is 1.32. The van der Waals surface area contributed by atoms with Crippen LogP contribution >= 0.6 is 27.5 Å². The number of hydrogen-bond acceptors (Lipinski definition) is 4. The van der Waals surface area contributed by atoms with Gasteiger partial charge in [0.15, 0.2) is 16.3 Å². The Hall–Kier alpha value is -0.810. The molecule has 0 aliphatic carbocycles. The molecule has 2 aromatic rings. The average Bonchev–Trinajstić information content (AvgIpc) is 2.70. The van der Waals surface area contributed by atoms with E-state index < -0.39 is 0 Å². The third-order valence-electron chi connectivity index (χ3n) is 1.58. The van der Waals surface area contributed by atoms with Gasteiger partial charge in [0.25, 0.3) is 5.89 Å². The van der Waals surface area contributed by atoms with Crippen molar-refractivity contribution in [1.29, 1.82) is 0 Å². The second kappa shape index (κ2) is 3.74. The van der Waals surface area contributed by atoms with Crippen molar-refractivity contribution in [2.45, 2.75) is 12.3 Å². The Bertz CT molecular complexity index is 438. The molecule has 0 saturated heterocycles. The van der Waals surface area contributed by atoms with E-state index in [-0.39, 0.29) is 5.38 Å². The summed E-state index contributed by atoms with van der Waals surface area (Å²) in [6, 6.07) is 3.49. The SMILES string of the molecule is CC(Cl)c1noc(-c2ccc(Br)o2)n1. The summed E-state index contributed by atoms with van der Waals surface area (Å²) in [5.41, 5.74) is 0. The first-order valence-corrected chi connectivity index (χ1v) is 5.13. The zero-order chi connectivity index (χ0) is 10.1. The molecule has 6 heteroatoms. The summed E-state index contributed by atoms with van der Waals surface area (Å²) >= 11 is 8.97. The van der Waals surface area contributed by atoms with E-state index in [1.54, 1.807) is 19.1 Å². The molecular weight excluding hydrogens is 271 g/mol. The topological polar surface area (TPSA) is 52.1 Å². The maximum atomic E-state index is 5.78. The highest BCUT2D eigenvalue weighted by Crippen LogP contribution is 2.25. The Morgan fingerprint density at radius 1 is 1.50 bits per heavy atom. The molecule has 0 aliphatic heterocycles. The Labute approximate surface area is 93.4 Å². The molecule has 0 spiro atoms. The van der Waals surface area contributed by atoms with Gasteiger partial charge in [-0.1, -0.05) is 5.16 Å². The van der Waals surface area contributed by atoms with Gasteiger partial charge in [-0.2, -0.15) is 4.98 Å². The fourth-order valence-electron chi connectivity index (χ4n) is 0.926. The normalized spacial score (nSPS) is 13.1. The van der Waals surface area contributed by atoms with Crippen LogP contribution in [-0.4, -0.2) is 10.1 Å². The molecule has 0 aromatic carbocycles. The van der Waals surface area contributed by atoms with Crippen molar-refractivity contribution in [3.8, 4) is 11.7 Å². The first-order chi connectivity index (χ1) is 6.66. The molecule has 1 atom stereocenters. The van der Waals surface area contributed by atoms with E-state index in [2.05, 4.69) is 26.1 Å². The lowest BCUT2D eigenvalue weighted by Crippen LogP contribution is -1.86. The summed E-state index contributed by atoms with van der Waals surface area (Å²) in [5.74, 6) is 1.31. The summed E-state index contributed by atoms with van der Waals surface area (Å²) in [6.07, 6.45) is 0. The van der Waals surface area contributed by atoms with Crippen molar-refractivity contribution in [2.24, 2.45) is 0 Å². The van der Waals surface area contributed by atoms with Crippen molar-refractivity contribution in [3.05, 3.63) is 22.6 Å². The zero-order valence-corrected chi connectivity index (χ0v) is 9.54. The van der Waals surface area contributed by atoms with Crippen LogP contribution in [0.25, 0.3) is 11.7 Å². The third kappa shape index (κ3) is 1.83. The lowest BCUT2D eigenvalue weighted by molar-refractivity contribution is 0.407. The predicted molar refractivity (Wildman–Crippen MR) is 54.0 cm³/mol. The number of alkyl halides is 1. The monoisotopic (exact) mass is 276 g/mol. The second-order valence-electron chi connectivity index (χ2n) is 2.68. The van der Waals surface area contributed by atoms with Gasteiger partial charge < -0.3 is 8.94 Å². The number of rotatable bonds is 2. The van der Waals surface area contributed by atoms with Crippen molar-refractivity contribution in [2.75, 3.05) is 0 Å². The Balaban J connectivity index is 2.33. The smallest absolute Gasteiger partial charge is 0.293 e. The van der Waals surface area contributed by atoms with Crippen molar-refractivity contribution in [3.63, 3.8) is 0 Å². The van der Waals surface area contributed by atoms with Crippen LogP contribution in [0.3, 0.4) is 0 Å². The largest absolute Gasteiger partial charge is 0.444 e. The Kier molecular flexibility index (Phi) is 2.60. The van der Waals surface area contributed by atoms with E-state index in [1.807, 2.05) is 0 Å². The number of aromatic nitrogens is 2. The predicted octanol–water partition coefficient (Wildman–Crippen LogP) is 3.39. The minimum Gasteiger partial charge on any atom is -0.444 e. The van der Waals surface area contributed by atoms with Crippen LogP contribution in [0.15, 0.2) is 25.7 Å². The van der Waals surface area contributed by atoms with Crippen LogP contribution in [-0.2, 0) is 0 Å². The van der Waals surface area contributed by atoms with Crippen LogP contribution in [0.2, 0.25) is 0 Å². The number of halogens is 2. The first kappa shape index (κ1) is 9.73. The molecule has 4 nitrogen and oxygen atoms in total. The molecule has 0 aliphatic rings. The minimum absolute atomic E-state index is 0.272. The van der Waals surface area contributed by atoms with Crippen LogP contribution in [0.1, 0.15) is 18.1 Å². The van der Waals surface area contributed by atoms with E-state index in [0.717, 1.165) is 0 Å². The molecule has 0 bridgehead atoms. The molecule has 2 rings (SSSR count). The van der Waals surface area contributed by atoms with Gasteiger partial charge >= 0.3 is 0 Å². The van der Waals surface area contributed by atoms with Crippen molar-refractivity contribution in [1.82, 2.24) is 10.1 Å².